The van der Waals surface area contributed by atoms with Crippen LogP contribution < -0.4 is 5.32 Å². The molecular formula is C20H17BrN4O2S. The maximum atomic E-state index is 12.8. The van der Waals surface area contributed by atoms with E-state index in [9.17, 15) is 9.59 Å². The van der Waals surface area contributed by atoms with E-state index in [0.717, 1.165) is 21.5 Å². The molecule has 1 aliphatic heterocycles. The van der Waals surface area contributed by atoms with Crippen LogP contribution in [0.3, 0.4) is 0 Å². The molecule has 142 valence electrons. The van der Waals surface area contributed by atoms with Crippen molar-refractivity contribution in [2.45, 2.75) is 18.9 Å². The van der Waals surface area contributed by atoms with Crippen LogP contribution in [0, 0.1) is 0 Å². The fourth-order valence-corrected chi connectivity index (χ4v) is 4.22. The third-order valence-corrected chi connectivity index (χ3v) is 6.00. The first-order valence-corrected chi connectivity index (χ1v) is 10.5. The number of hydrogen-bond acceptors (Lipinski definition) is 5. The Balaban J connectivity index is 1.46. The van der Waals surface area contributed by atoms with E-state index in [2.05, 4.69) is 31.4 Å². The first kappa shape index (κ1) is 18.8. The van der Waals surface area contributed by atoms with Crippen molar-refractivity contribution in [3.8, 4) is 10.6 Å². The van der Waals surface area contributed by atoms with Gasteiger partial charge in [0, 0.05) is 22.1 Å². The molecule has 2 heterocycles. The van der Waals surface area contributed by atoms with E-state index in [0.29, 0.717) is 23.7 Å². The molecule has 0 radical (unpaired) electrons. The molecule has 1 N–H and O–H groups in total. The SMILES string of the molecule is O=C(Nc1nnc(-c2ccccc2)s1)C1CCCN1C(=O)c1ccc(Br)cc1. The minimum atomic E-state index is -0.500. The van der Waals surface area contributed by atoms with Gasteiger partial charge < -0.3 is 4.90 Å². The molecule has 1 atom stereocenters. The van der Waals surface area contributed by atoms with Crippen LogP contribution >= 0.6 is 27.3 Å². The second-order valence-corrected chi connectivity index (χ2v) is 8.32. The van der Waals surface area contributed by atoms with E-state index < -0.39 is 6.04 Å². The van der Waals surface area contributed by atoms with E-state index >= 15 is 0 Å². The number of benzene rings is 2. The number of hydrogen-bond donors (Lipinski definition) is 1. The summed E-state index contributed by atoms with van der Waals surface area (Å²) >= 11 is 4.69. The summed E-state index contributed by atoms with van der Waals surface area (Å²) in [5.74, 6) is -0.355. The molecule has 1 fully saturated rings. The topological polar surface area (TPSA) is 75.2 Å². The highest BCUT2D eigenvalue weighted by Gasteiger charge is 2.35. The lowest BCUT2D eigenvalue weighted by Crippen LogP contribution is -2.43. The smallest absolute Gasteiger partial charge is 0.254 e. The van der Waals surface area contributed by atoms with Crippen molar-refractivity contribution in [1.29, 1.82) is 0 Å². The average molecular weight is 457 g/mol. The summed E-state index contributed by atoms with van der Waals surface area (Å²) in [7, 11) is 0. The molecule has 1 aliphatic rings. The fraction of sp³-hybridized carbons (Fsp3) is 0.200. The molecule has 0 bridgehead atoms. The van der Waals surface area contributed by atoms with Crippen LogP contribution in [0.2, 0.25) is 0 Å². The molecule has 1 saturated heterocycles. The lowest BCUT2D eigenvalue weighted by molar-refractivity contribution is -0.119. The molecule has 1 unspecified atom stereocenters. The number of carbonyl (C=O) groups is 2. The fourth-order valence-electron chi connectivity index (χ4n) is 3.20. The molecule has 4 rings (SSSR count). The largest absolute Gasteiger partial charge is 0.327 e. The van der Waals surface area contributed by atoms with Gasteiger partial charge in [-0.05, 0) is 37.1 Å². The first-order valence-electron chi connectivity index (χ1n) is 8.88. The van der Waals surface area contributed by atoms with Crippen LogP contribution in [0.4, 0.5) is 5.13 Å². The molecule has 1 aromatic heterocycles. The molecular weight excluding hydrogens is 440 g/mol. The van der Waals surface area contributed by atoms with Gasteiger partial charge in [0.2, 0.25) is 11.0 Å². The average Bonchev–Trinajstić information content (AvgIpc) is 3.38. The quantitative estimate of drug-likeness (QED) is 0.637. The Morgan fingerprint density at radius 2 is 1.82 bits per heavy atom. The summed E-state index contributed by atoms with van der Waals surface area (Å²) < 4.78 is 0.908. The number of nitrogens with one attached hydrogen (secondary N) is 1. The molecule has 6 nitrogen and oxygen atoms in total. The van der Waals surface area contributed by atoms with Gasteiger partial charge in [0.15, 0.2) is 0 Å². The van der Waals surface area contributed by atoms with Gasteiger partial charge >= 0.3 is 0 Å². The molecule has 2 amide bonds. The minimum absolute atomic E-state index is 0.132. The van der Waals surface area contributed by atoms with Gasteiger partial charge in [-0.25, -0.2) is 0 Å². The number of halogens is 1. The Bertz CT molecular complexity index is 991. The number of rotatable bonds is 4. The monoisotopic (exact) mass is 456 g/mol. The Hall–Kier alpha value is -2.58. The van der Waals surface area contributed by atoms with Crippen LogP contribution in [0.5, 0.6) is 0 Å². The Kier molecular flexibility index (Phi) is 5.50. The van der Waals surface area contributed by atoms with E-state index in [1.807, 2.05) is 42.5 Å². The van der Waals surface area contributed by atoms with Crippen molar-refractivity contribution in [2.75, 3.05) is 11.9 Å². The van der Waals surface area contributed by atoms with Crippen LogP contribution in [0.25, 0.3) is 10.6 Å². The summed E-state index contributed by atoms with van der Waals surface area (Å²) in [5, 5.41) is 12.2. The zero-order chi connectivity index (χ0) is 19.5. The van der Waals surface area contributed by atoms with Crippen molar-refractivity contribution in [1.82, 2.24) is 15.1 Å². The third kappa shape index (κ3) is 3.98. The van der Waals surface area contributed by atoms with Crippen molar-refractivity contribution < 1.29 is 9.59 Å². The zero-order valence-electron chi connectivity index (χ0n) is 14.8. The second kappa shape index (κ2) is 8.20. The zero-order valence-corrected chi connectivity index (χ0v) is 17.2. The molecule has 0 aliphatic carbocycles. The van der Waals surface area contributed by atoms with E-state index in [1.165, 1.54) is 11.3 Å². The lowest BCUT2D eigenvalue weighted by Gasteiger charge is -2.23. The number of carbonyl (C=O) groups excluding carboxylic acids is 2. The highest BCUT2D eigenvalue weighted by atomic mass is 79.9. The van der Waals surface area contributed by atoms with Crippen molar-refractivity contribution in [2.24, 2.45) is 0 Å². The molecule has 0 spiro atoms. The van der Waals surface area contributed by atoms with E-state index in [4.69, 9.17) is 0 Å². The van der Waals surface area contributed by atoms with Gasteiger partial charge in [-0.2, -0.15) is 0 Å². The van der Waals surface area contributed by atoms with E-state index in [1.54, 1.807) is 17.0 Å². The second-order valence-electron chi connectivity index (χ2n) is 6.43. The maximum Gasteiger partial charge on any atom is 0.254 e. The minimum Gasteiger partial charge on any atom is -0.327 e. The van der Waals surface area contributed by atoms with Crippen LogP contribution in [0.15, 0.2) is 59.1 Å². The first-order chi connectivity index (χ1) is 13.6. The standard InChI is InChI=1S/C20H17BrN4O2S/c21-15-10-8-14(9-11-15)19(27)25-12-4-7-16(25)17(26)22-20-24-23-18(28-20)13-5-2-1-3-6-13/h1-3,5-6,8-11,16H,4,7,12H2,(H,22,24,26). The third-order valence-electron chi connectivity index (χ3n) is 4.58. The van der Waals surface area contributed by atoms with Gasteiger partial charge in [0.05, 0.1) is 0 Å². The molecule has 8 heteroatoms. The van der Waals surface area contributed by atoms with Gasteiger partial charge in [0.1, 0.15) is 11.0 Å². The number of likely N-dealkylation sites (tertiary alicyclic amines) is 1. The normalized spacial score (nSPS) is 16.2. The van der Waals surface area contributed by atoms with Gasteiger partial charge in [0.25, 0.3) is 5.91 Å². The van der Waals surface area contributed by atoms with Crippen molar-refractivity contribution >= 4 is 44.2 Å². The molecule has 2 aromatic carbocycles. The maximum absolute atomic E-state index is 12.8. The Labute approximate surface area is 174 Å². The summed E-state index contributed by atoms with van der Waals surface area (Å²) in [6.45, 7) is 0.568. The van der Waals surface area contributed by atoms with Gasteiger partial charge in [-0.15, -0.1) is 10.2 Å². The number of nitrogens with zero attached hydrogens (tertiary/aromatic N) is 3. The number of aromatic nitrogens is 2. The Morgan fingerprint density at radius 1 is 1.07 bits per heavy atom. The summed E-state index contributed by atoms with van der Waals surface area (Å²) in [5.41, 5.74) is 1.53. The number of anilines is 1. The molecule has 0 saturated carbocycles. The number of amides is 2. The Morgan fingerprint density at radius 3 is 2.57 bits per heavy atom. The van der Waals surface area contributed by atoms with E-state index in [-0.39, 0.29) is 11.8 Å². The van der Waals surface area contributed by atoms with Crippen LogP contribution in [-0.2, 0) is 4.79 Å². The predicted molar refractivity (Wildman–Crippen MR) is 112 cm³/mol. The summed E-state index contributed by atoms with van der Waals surface area (Å²) in [6.07, 6.45) is 1.43. The van der Waals surface area contributed by atoms with Crippen molar-refractivity contribution in [3.63, 3.8) is 0 Å². The lowest BCUT2D eigenvalue weighted by atomic mass is 10.1. The molecule has 3 aromatic rings. The highest BCUT2D eigenvalue weighted by Crippen LogP contribution is 2.27. The van der Waals surface area contributed by atoms with Gasteiger partial charge in [-0.1, -0.05) is 57.6 Å². The van der Waals surface area contributed by atoms with Crippen LogP contribution in [-0.4, -0.2) is 39.5 Å². The van der Waals surface area contributed by atoms with Gasteiger partial charge in [-0.3, -0.25) is 14.9 Å². The predicted octanol–water partition coefficient (Wildman–Crippen LogP) is 4.21. The highest BCUT2D eigenvalue weighted by molar-refractivity contribution is 9.10. The summed E-state index contributed by atoms with van der Waals surface area (Å²) in [4.78, 5) is 27.2. The van der Waals surface area contributed by atoms with Crippen LogP contribution in [0.1, 0.15) is 23.2 Å². The summed E-state index contributed by atoms with van der Waals surface area (Å²) in [6, 6.07) is 16.4. The molecule has 28 heavy (non-hydrogen) atoms. The van der Waals surface area contributed by atoms with Crippen molar-refractivity contribution in [3.05, 3.63) is 64.6 Å².